The lowest BCUT2D eigenvalue weighted by atomic mass is 10.2. The second kappa shape index (κ2) is 6.27. The summed E-state index contributed by atoms with van der Waals surface area (Å²) < 4.78 is 2.91. The van der Waals surface area contributed by atoms with Gasteiger partial charge in [0.1, 0.15) is 6.54 Å². The van der Waals surface area contributed by atoms with Gasteiger partial charge in [-0.1, -0.05) is 35.0 Å². The summed E-state index contributed by atoms with van der Waals surface area (Å²) >= 11 is 6.09. The van der Waals surface area contributed by atoms with E-state index in [0.717, 1.165) is 5.56 Å². The molecule has 1 amide bonds. The van der Waals surface area contributed by atoms with E-state index in [4.69, 9.17) is 11.6 Å². The molecule has 0 saturated heterocycles. The number of benzene rings is 2. The molecule has 8 heteroatoms. The maximum atomic E-state index is 12.8. The number of para-hydroxylation sites is 1. The van der Waals surface area contributed by atoms with E-state index in [9.17, 15) is 9.59 Å². The van der Waals surface area contributed by atoms with E-state index in [1.807, 2.05) is 13.0 Å². The number of aromatic nitrogens is 4. The van der Waals surface area contributed by atoms with Crippen molar-refractivity contribution in [1.82, 2.24) is 19.4 Å². The van der Waals surface area contributed by atoms with E-state index in [2.05, 4.69) is 15.6 Å². The molecule has 0 saturated carbocycles. The van der Waals surface area contributed by atoms with Gasteiger partial charge in [-0.2, -0.15) is 4.52 Å². The summed E-state index contributed by atoms with van der Waals surface area (Å²) in [5.74, 6) is -0.337. The highest BCUT2D eigenvalue weighted by atomic mass is 35.5. The van der Waals surface area contributed by atoms with Gasteiger partial charge in [0.15, 0.2) is 5.65 Å². The summed E-state index contributed by atoms with van der Waals surface area (Å²) in [6.45, 7) is 1.66. The molecule has 7 nitrogen and oxygen atoms in total. The molecule has 2 heterocycles. The summed E-state index contributed by atoms with van der Waals surface area (Å²) in [7, 11) is 0. The van der Waals surface area contributed by atoms with Gasteiger partial charge in [0.05, 0.1) is 17.1 Å². The third-order valence-electron chi connectivity index (χ3n) is 4.26. The fourth-order valence-corrected chi connectivity index (χ4v) is 3.08. The number of nitrogens with one attached hydrogen (secondary N) is 1. The number of hydrogen-bond donors (Lipinski definition) is 1. The number of halogens is 1. The van der Waals surface area contributed by atoms with Crippen LogP contribution in [0.3, 0.4) is 0 Å². The van der Waals surface area contributed by atoms with Gasteiger partial charge in [0.2, 0.25) is 5.91 Å². The average molecular weight is 368 g/mol. The van der Waals surface area contributed by atoms with Crippen LogP contribution in [0.5, 0.6) is 0 Å². The fraction of sp³-hybridized carbons (Fsp3) is 0.111. The first-order valence-electron chi connectivity index (χ1n) is 7.93. The van der Waals surface area contributed by atoms with E-state index >= 15 is 0 Å². The van der Waals surface area contributed by atoms with Crippen molar-refractivity contribution in [1.29, 1.82) is 0 Å². The number of nitrogens with zero attached hydrogens (tertiary/aromatic N) is 4. The Morgan fingerprint density at radius 1 is 1.19 bits per heavy atom. The molecule has 0 atom stereocenters. The van der Waals surface area contributed by atoms with Crippen LogP contribution in [-0.2, 0) is 11.3 Å². The number of anilines is 1. The lowest BCUT2D eigenvalue weighted by Crippen LogP contribution is -2.29. The predicted octanol–water partition coefficient (Wildman–Crippen LogP) is 2.64. The number of hydrogen-bond acceptors (Lipinski definition) is 4. The first kappa shape index (κ1) is 16.3. The first-order valence-corrected chi connectivity index (χ1v) is 8.31. The minimum absolute atomic E-state index is 0.160. The Morgan fingerprint density at radius 3 is 2.85 bits per heavy atom. The molecule has 1 N–H and O–H groups in total. The molecule has 0 spiro atoms. The van der Waals surface area contributed by atoms with Crippen LogP contribution >= 0.6 is 11.6 Å². The van der Waals surface area contributed by atoms with Gasteiger partial charge in [0.25, 0.3) is 5.56 Å². The molecule has 2 aromatic carbocycles. The lowest BCUT2D eigenvalue weighted by Gasteiger charge is -2.12. The van der Waals surface area contributed by atoms with Crippen LogP contribution in [0.4, 0.5) is 5.69 Å². The van der Waals surface area contributed by atoms with E-state index in [-0.39, 0.29) is 18.0 Å². The van der Waals surface area contributed by atoms with Crippen LogP contribution in [0.2, 0.25) is 5.02 Å². The standard InChI is InChI=1S/C18H14ClN5O2/c1-11-13(19)6-4-7-14(11)21-16(25)10-23-17-9-20-22-24(17)15-8-3-2-5-12(15)18(23)26/h2-9H,10H2,1H3,(H,21,25). The molecule has 4 rings (SSSR count). The second-order valence-electron chi connectivity index (χ2n) is 5.87. The highest BCUT2D eigenvalue weighted by molar-refractivity contribution is 6.31. The average Bonchev–Trinajstić information content (AvgIpc) is 3.12. The zero-order chi connectivity index (χ0) is 18.3. The molecule has 26 heavy (non-hydrogen) atoms. The molecule has 0 aliphatic heterocycles. The van der Waals surface area contributed by atoms with Crippen LogP contribution in [0.25, 0.3) is 16.6 Å². The highest BCUT2D eigenvalue weighted by Gasteiger charge is 2.15. The number of carbonyl (C=O) groups excluding carboxylic acids is 1. The van der Waals surface area contributed by atoms with Crippen LogP contribution in [0, 0.1) is 6.92 Å². The summed E-state index contributed by atoms with van der Waals surface area (Å²) in [6, 6.07) is 12.4. The van der Waals surface area contributed by atoms with Crippen LogP contribution in [0.1, 0.15) is 5.56 Å². The summed E-state index contributed by atoms with van der Waals surface area (Å²) in [4.78, 5) is 25.4. The van der Waals surface area contributed by atoms with Crippen molar-refractivity contribution >= 4 is 39.7 Å². The molecule has 130 valence electrons. The molecule has 0 aliphatic carbocycles. The van der Waals surface area contributed by atoms with Gasteiger partial charge in [0, 0.05) is 10.7 Å². The highest BCUT2D eigenvalue weighted by Crippen LogP contribution is 2.23. The summed E-state index contributed by atoms with van der Waals surface area (Å²) in [5.41, 5.74) is 2.20. The van der Waals surface area contributed by atoms with Gasteiger partial charge in [-0.15, -0.1) is 5.10 Å². The largest absolute Gasteiger partial charge is 0.324 e. The van der Waals surface area contributed by atoms with Crippen LogP contribution in [-0.4, -0.2) is 25.3 Å². The smallest absolute Gasteiger partial charge is 0.262 e. The molecule has 2 aromatic heterocycles. The van der Waals surface area contributed by atoms with E-state index in [1.165, 1.54) is 10.8 Å². The summed E-state index contributed by atoms with van der Waals surface area (Å²) in [5, 5.41) is 11.7. The van der Waals surface area contributed by atoms with Gasteiger partial charge in [-0.25, -0.2) is 0 Å². The molecule has 0 fully saturated rings. The van der Waals surface area contributed by atoms with Gasteiger partial charge >= 0.3 is 0 Å². The van der Waals surface area contributed by atoms with Crippen molar-refractivity contribution in [3.05, 3.63) is 69.6 Å². The second-order valence-corrected chi connectivity index (χ2v) is 6.28. The maximum Gasteiger partial charge on any atom is 0.262 e. The van der Waals surface area contributed by atoms with Crippen molar-refractivity contribution in [2.45, 2.75) is 13.5 Å². The van der Waals surface area contributed by atoms with Crippen molar-refractivity contribution in [3.8, 4) is 0 Å². The Kier molecular flexibility index (Phi) is 3.93. The first-order chi connectivity index (χ1) is 12.6. The van der Waals surface area contributed by atoms with Crippen molar-refractivity contribution in [2.24, 2.45) is 0 Å². The molecule has 0 aliphatic rings. The van der Waals surface area contributed by atoms with E-state index in [1.54, 1.807) is 40.9 Å². The van der Waals surface area contributed by atoms with Crippen molar-refractivity contribution in [3.63, 3.8) is 0 Å². The minimum Gasteiger partial charge on any atom is -0.324 e. The minimum atomic E-state index is -0.337. The van der Waals surface area contributed by atoms with Gasteiger partial charge < -0.3 is 5.32 Å². The molecule has 0 bridgehead atoms. The SMILES string of the molecule is Cc1c(Cl)cccc1NC(=O)Cn1c(=O)c2ccccc2n2nncc12. The normalized spacial score (nSPS) is 11.2. The number of carbonyl (C=O) groups is 1. The Balaban J connectivity index is 1.76. The molecular weight excluding hydrogens is 354 g/mol. The molecule has 0 unspecified atom stereocenters. The predicted molar refractivity (Wildman–Crippen MR) is 99.6 cm³/mol. The topological polar surface area (TPSA) is 81.3 Å². The maximum absolute atomic E-state index is 12.8. The quantitative estimate of drug-likeness (QED) is 0.603. The van der Waals surface area contributed by atoms with Gasteiger partial charge in [-0.3, -0.25) is 14.2 Å². The number of amides is 1. The summed E-state index contributed by atoms with van der Waals surface area (Å²) in [6.07, 6.45) is 1.46. The third-order valence-corrected chi connectivity index (χ3v) is 4.67. The monoisotopic (exact) mass is 367 g/mol. The molecule has 4 aromatic rings. The Bertz CT molecular complexity index is 1210. The Labute approximate surface area is 152 Å². The van der Waals surface area contributed by atoms with E-state index in [0.29, 0.717) is 27.3 Å². The van der Waals surface area contributed by atoms with Crippen LogP contribution < -0.4 is 10.9 Å². The molecular formula is C18H14ClN5O2. The zero-order valence-corrected chi connectivity index (χ0v) is 14.6. The lowest BCUT2D eigenvalue weighted by molar-refractivity contribution is -0.116. The fourth-order valence-electron chi connectivity index (χ4n) is 2.90. The van der Waals surface area contributed by atoms with E-state index < -0.39 is 0 Å². The molecule has 0 radical (unpaired) electrons. The van der Waals surface area contributed by atoms with Crippen LogP contribution in [0.15, 0.2) is 53.5 Å². The van der Waals surface area contributed by atoms with Crippen molar-refractivity contribution < 1.29 is 4.79 Å². The third kappa shape index (κ3) is 2.62. The van der Waals surface area contributed by atoms with Gasteiger partial charge in [-0.05, 0) is 36.8 Å². The Hall–Kier alpha value is -3.19. The number of rotatable bonds is 3. The van der Waals surface area contributed by atoms with Crippen molar-refractivity contribution in [2.75, 3.05) is 5.32 Å². The Morgan fingerprint density at radius 2 is 2.00 bits per heavy atom. The number of fused-ring (bicyclic) bond motifs is 3. The zero-order valence-electron chi connectivity index (χ0n) is 13.8.